The van der Waals surface area contributed by atoms with Crippen LogP contribution in [-0.2, 0) is 4.79 Å². The molecule has 0 saturated carbocycles. The van der Waals surface area contributed by atoms with Crippen LogP contribution in [0.25, 0.3) is 6.08 Å². The van der Waals surface area contributed by atoms with E-state index < -0.39 is 0 Å². The molecule has 3 rings (SSSR count). The summed E-state index contributed by atoms with van der Waals surface area (Å²) in [6, 6.07) is 9.10. The number of halogens is 1. The fourth-order valence-corrected chi connectivity index (χ4v) is 3.92. The van der Waals surface area contributed by atoms with Gasteiger partial charge in [-0.05, 0) is 46.7 Å². The molecule has 100 valence electrons. The van der Waals surface area contributed by atoms with Gasteiger partial charge < -0.3 is 0 Å². The largest absolute Gasteiger partial charge is 0.270 e. The minimum atomic E-state index is -0.103. The molecule has 1 aromatic carbocycles. The van der Waals surface area contributed by atoms with E-state index in [9.17, 15) is 4.79 Å². The summed E-state index contributed by atoms with van der Waals surface area (Å²) in [5.74, 6) is -0.103. The van der Waals surface area contributed by atoms with Gasteiger partial charge in [0, 0.05) is 5.02 Å². The molecule has 0 bridgehead atoms. The highest BCUT2D eigenvalue weighted by Gasteiger charge is 2.33. The van der Waals surface area contributed by atoms with Crippen molar-refractivity contribution in [3.63, 3.8) is 0 Å². The summed E-state index contributed by atoms with van der Waals surface area (Å²) in [7, 11) is 0. The highest BCUT2D eigenvalue weighted by atomic mass is 35.5. The third-order valence-corrected chi connectivity index (χ3v) is 4.94. The van der Waals surface area contributed by atoms with Crippen molar-refractivity contribution in [2.45, 2.75) is 0 Å². The lowest BCUT2D eigenvalue weighted by Crippen LogP contribution is -2.27. The monoisotopic (exact) mass is 337 g/mol. The number of amides is 1. The quantitative estimate of drug-likeness (QED) is 0.579. The maximum absolute atomic E-state index is 12.5. The molecule has 1 amide bonds. The van der Waals surface area contributed by atoms with Crippen LogP contribution >= 0.6 is 46.9 Å². The van der Waals surface area contributed by atoms with Crippen LogP contribution in [0.1, 0.15) is 5.56 Å². The van der Waals surface area contributed by atoms with Gasteiger partial charge in [0.05, 0.1) is 10.6 Å². The number of carbonyl (C=O) groups excluding carboxylic acids is 1. The first-order valence-electron chi connectivity index (χ1n) is 5.71. The van der Waals surface area contributed by atoms with Crippen LogP contribution in [-0.4, -0.2) is 10.2 Å². The van der Waals surface area contributed by atoms with Gasteiger partial charge in [0.1, 0.15) is 0 Å². The molecule has 6 heteroatoms. The first kappa shape index (κ1) is 13.8. The Morgan fingerprint density at radius 2 is 2.15 bits per heavy atom. The maximum atomic E-state index is 12.5. The Bertz CT molecular complexity index is 709. The zero-order valence-corrected chi connectivity index (χ0v) is 13.3. The summed E-state index contributed by atoms with van der Waals surface area (Å²) in [5, 5.41) is 4.55. The molecule has 1 saturated heterocycles. The second-order valence-electron chi connectivity index (χ2n) is 4.05. The number of anilines is 1. The van der Waals surface area contributed by atoms with Crippen molar-refractivity contribution in [3.05, 3.63) is 56.6 Å². The molecule has 0 aliphatic carbocycles. The molecule has 1 aromatic heterocycles. The molecule has 1 aliphatic rings. The van der Waals surface area contributed by atoms with E-state index in [1.807, 2.05) is 29.0 Å². The Morgan fingerprint density at radius 3 is 2.85 bits per heavy atom. The van der Waals surface area contributed by atoms with Crippen LogP contribution in [0.3, 0.4) is 0 Å². The molecule has 1 aliphatic heterocycles. The average Bonchev–Trinajstić information content (AvgIpc) is 2.99. The van der Waals surface area contributed by atoms with Crippen molar-refractivity contribution < 1.29 is 4.79 Å². The zero-order valence-electron chi connectivity index (χ0n) is 10.1. The number of thiocarbonyl (C=S) groups is 1. The summed E-state index contributed by atoms with van der Waals surface area (Å²) in [6.07, 6.45) is 1.86. The predicted molar refractivity (Wildman–Crippen MR) is 91.4 cm³/mol. The predicted octanol–water partition coefficient (Wildman–Crippen LogP) is 4.81. The van der Waals surface area contributed by atoms with Crippen LogP contribution in [0.15, 0.2) is 46.0 Å². The van der Waals surface area contributed by atoms with Crippen LogP contribution in [0.5, 0.6) is 0 Å². The Kier molecular flexibility index (Phi) is 3.94. The van der Waals surface area contributed by atoms with Gasteiger partial charge in [0.25, 0.3) is 5.91 Å². The summed E-state index contributed by atoms with van der Waals surface area (Å²) >= 11 is 14.2. The lowest BCUT2D eigenvalue weighted by molar-refractivity contribution is -0.113. The van der Waals surface area contributed by atoms with Gasteiger partial charge in [-0.2, -0.15) is 11.3 Å². The third-order valence-electron chi connectivity index (χ3n) is 2.70. The topological polar surface area (TPSA) is 20.3 Å². The second kappa shape index (κ2) is 5.69. The van der Waals surface area contributed by atoms with E-state index in [-0.39, 0.29) is 5.91 Å². The minimum absolute atomic E-state index is 0.103. The van der Waals surface area contributed by atoms with Crippen LogP contribution in [0, 0.1) is 0 Å². The lowest BCUT2D eigenvalue weighted by Gasteiger charge is -2.14. The standard InChI is InChI=1S/C14H8ClNOS3/c15-10-2-1-3-11(7-10)16-13(17)12(20-14(16)18)6-9-4-5-19-8-9/h1-8H/b12-6+. The second-order valence-corrected chi connectivity index (χ2v) is 6.95. The average molecular weight is 338 g/mol. The molecular formula is C14H8ClNOS3. The van der Waals surface area contributed by atoms with Gasteiger partial charge in [-0.15, -0.1) is 0 Å². The number of rotatable bonds is 2. The number of thioether (sulfide) groups is 1. The van der Waals surface area contributed by atoms with E-state index in [1.54, 1.807) is 29.5 Å². The van der Waals surface area contributed by atoms with Gasteiger partial charge in [0.15, 0.2) is 4.32 Å². The molecule has 0 atom stereocenters. The number of nitrogens with zero attached hydrogens (tertiary/aromatic N) is 1. The summed E-state index contributed by atoms with van der Waals surface area (Å²) < 4.78 is 0.527. The number of hydrogen-bond donors (Lipinski definition) is 0. The SMILES string of the molecule is O=C1/C(=C\c2ccsc2)SC(=S)N1c1cccc(Cl)c1. The van der Waals surface area contributed by atoms with E-state index in [2.05, 4.69) is 0 Å². The molecule has 0 N–H and O–H groups in total. The van der Waals surface area contributed by atoms with Crippen LogP contribution in [0.4, 0.5) is 5.69 Å². The minimum Gasteiger partial charge on any atom is -0.268 e. The normalized spacial score (nSPS) is 17.2. The first-order valence-corrected chi connectivity index (χ1v) is 8.25. The van der Waals surface area contributed by atoms with E-state index in [0.29, 0.717) is 19.9 Å². The molecule has 20 heavy (non-hydrogen) atoms. The van der Waals surface area contributed by atoms with Crippen molar-refractivity contribution in [1.82, 2.24) is 0 Å². The van der Waals surface area contributed by atoms with Crippen molar-refractivity contribution in [3.8, 4) is 0 Å². The number of thiophene rings is 1. The molecular weight excluding hydrogens is 330 g/mol. The van der Waals surface area contributed by atoms with Gasteiger partial charge in [-0.3, -0.25) is 9.69 Å². The molecule has 0 unspecified atom stereocenters. The molecule has 0 spiro atoms. The fraction of sp³-hybridized carbons (Fsp3) is 0. The van der Waals surface area contributed by atoms with Gasteiger partial charge in [-0.1, -0.05) is 41.6 Å². The number of benzene rings is 1. The molecule has 1 fully saturated rings. The lowest BCUT2D eigenvalue weighted by atomic mass is 10.2. The Balaban J connectivity index is 1.95. The first-order chi connectivity index (χ1) is 9.65. The molecule has 2 heterocycles. The van der Waals surface area contributed by atoms with Crippen LogP contribution < -0.4 is 4.90 Å². The Morgan fingerprint density at radius 1 is 1.30 bits per heavy atom. The highest BCUT2D eigenvalue weighted by molar-refractivity contribution is 8.27. The summed E-state index contributed by atoms with van der Waals surface area (Å²) in [6.45, 7) is 0. The molecule has 0 radical (unpaired) electrons. The third kappa shape index (κ3) is 2.67. The van der Waals surface area contributed by atoms with Crippen molar-refractivity contribution in [1.29, 1.82) is 0 Å². The van der Waals surface area contributed by atoms with Gasteiger partial charge in [0.2, 0.25) is 0 Å². The van der Waals surface area contributed by atoms with Gasteiger partial charge in [-0.25, -0.2) is 0 Å². The van der Waals surface area contributed by atoms with E-state index in [4.69, 9.17) is 23.8 Å². The Labute approximate surface area is 135 Å². The smallest absolute Gasteiger partial charge is 0.268 e. The summed E-state index contributed by atoms with van der Waals surface area (Å²) in [4.78, 5) is 14.6. The van der Waals surface area contributed by atoms with E-state index in [1.165, 1.54) is 16.7 Å². The van der Waals surface area contributed by atoms with Crippen LogP contribution in [0.2, 0.25) is 5.02 Å². The summed E-state index contributed by atoms with van der Waals surface area (Å²) in [5.41, 5.74) is 1.72. The van der Waals surface area contributed by atoms with Crippen molar-refractivity contribution in [2.24, 2.45) is 0 Å². The van der Waals surface area contributed by atoms with E-state index in [0.717, 1.165) is 5.56 Å². The van der Waals surface area contributed by atoms with Crippen molar-refractivity contribution in [2.75, 3.05) is 4.90 Å². The molecule has 2 nitrogen and oxygen atoms in total. The van der Waals surface area contributed by atoms with Crippen molar-refractivity contribution >= 4 is 68.9 Å². The highest BCUT2D eigenvalue weighted by Crippen LogP contribution is 2.36. The van der Waals surface area contributed by atoms with E-state index >= 15 is 0 Å². The van der Waals surface area contributed by atoms with Gasteiger partial charge >= 0.3 is 0 Å². The Hall–Kier alpha value is -1.14. The number of hydrogen-bond acceptors (Lipinski definition) is 4. The maximum Gasteiger partial charge on any atom is 0.270 e. The zero-order chi connectivity index (χ0) is 14.1. The fourth-order valence-electron chi connectivity index (χ4n) is 1.81. The number of carbonyl (C=O) groups is 1. The molecule has 2 aromatic rings.